The molecule has 24 heavy (non-hydrogen) atoms. The normalized spacial score (nSPS) is 16.3. The van der Waals surface area contributed by atoms with E-state index in [0.29, 0.717) is 12.1 Å². The second-order valence-corrected chi connectivity index (χ2v) is 6.08. The van der Waals surface area contributed by atoms with Crippen molar-refractivity contribution in [2.45, 2.75) is 13.1 Å². The molecule has 128 valence electrons. The Balaban J connectivity index is 1.77. The topological polar surface area (TPSA) is 86.2 Å². The summed E-state index contributed by atoms with van der Waals surface area (Å²) >= 11 is 0. The summed E-state index contributed by atoms with van der Waals surface area (Å²) in [7, 11) is 3.67. The number of hydrogen-bond acceptors (Lipinski definition) is 6. The van der Waals surface area contributed by atoms with Crippen LogP contribution in [0.1, 0.15) is 17.3 Å². The fourth-order valence-corrected chi connectivity index (χ4v) is 2.91. The highest BCUT2D eigenvalue weighted by Crippen LogP contribution is 2.24. The Labute approximate surface area is 141 Å². The van der Waals surface area contributed by atoms with Gasteiger partial charge in [0.05, 0.1) is 23.6 Å². The number of aromatic nitrogens is 2. The van der Waals surface area contributed by atoms with Crippen molar-refractivity contribution in [3.63, 3.8) is 0 Å². The van der Waals surface area contributed by atoms with Crippen molar-refractivity contribution in [1.29, 1.82) is 0 Å². The summed E-state index contributed by atoms with van der Waals surface area (Å²) < 4.78 is 1.74. The van der Waals surface area contributed by atoms with Gasteiger partial charge in [0.25, 0.3) is 5.91 Å². The molecule has 2 aromatic rings. The fraction of sp³-hybridized carbons (Fsp3) is 0.375. The molecule has 0 bridgehead atoms. The van der Waals surface area contributed by atoms with Crippen LogP contribution in [0.3, 0.4) is 0 Å². The highest BCUT2D eigenvalue weighted by atomic mass is 16.2. The van der Waals surface area contributed by atoms with E-state index >= 15 is 0 Å². The highest BCUT2D eigenvalue weighted by molar-refractivity contribution is 5.99. The number of benzene rings is 1. The Morgan fingerprint density at radius 1 is 1.29 bits per heavy atom. The SMILES string of the molecule is CC(CN(C)C(=O)c1cnn(C)c1-c1ccccc1)C1NNNN1. The quantitative estimate of drug-likeness (QED) is 0.629. The van der Waals surface area contributed by atoms with E-state index in [2.05, 4.69) is 33.9 Å². The first-order chi connectivity index (χ1) is 11.6. The average Bonchev–Trinajstić information content (AvgIpc) is 3.24. The lowest BCUT2D eigenvalue weighted by molar-refractivity contribution is 0.0765. The minimum absolute atomic E-state index is 0.0345. The standard InChI is InChI=1S/C16H23N7O/c1-11(15-18-20-21-19-15)10-22(2)16(24)13-9-17-23(3)14(13)12-7-5-4-6-8-12/h4-9,11,15,18-21H,10H2,1-3H3. The van der Waals surface area contributed by atoms with Crippen LogP contribution in [0.15, 0.2) is 36.5 Å². The Morgan fingerprint density at radius 2 is 1.96 bits per heavy atom. The van der Waals surface area contributed by atoms with E-state index in [4.69, 9.17) is 0 Å². The lowest BCUT2D eigenvalue weighted by Crippen LogP contribution is -2.45. The van der Waals surface area contributed by atoms with Crippen molar-refractivity contribution in [3.05, 3.63) is 42.1 Å². The summed E-state index contributed by atoms with van der Waals surface area (Å²) in [6.07, 6.45) is 1.68. The Kier molecular flexibility index (Phi) is 4.91. The van der Waals surface area contributed by atoms with Crippen molar-refractivity contribution >= 4 is 5.91 Å². The average molecular weight is 329 g/mol. The first kappa shape index (κ1) is 16.6. The number of hydrazine groups is 3. The minimum Gasteiger partial charge on any atom is -0.341 e. The predicted molar refractivity (Wildman–Crippen MR) is 91.1 cm³/mol. The van der Waals surface area contributed by atoms with Crippen molar-refractivity contribution in [2.75, 3.05) is 13.6 Å². The molecule has 1 amide bonds. The monoisotopic (exact) mass is 329 g/mol. The van der Waals surface area contributed by atoms with Gasteiger partial charge in [0.15, 0.2) is 0 Å². The van der Waals surface area contributed by atoms with Crippen LogP contribution in [0.5, 0.6) is 0 Å². The third-order valence-corrected chi connectivity index (χ3v) is 4.21. The van der Waals surface area contributed by atoms with Gasteiger partial charge in [0, 0.05) is 32.1 Å². The van der Waals surface area contributed by atoms with Gasteiger partial charge in [-0.2, -0.15) is 16.2 Å². The molecule has 1 unspecified atom stereocenters. The number of aryl methyl sites for hydroxylation is 1. The molecule has 0 aliphatic carbocycles. The smallest absolute Gasteiger partial charge is 0.257 e. The van der Waals surface area contributed by atoms with Crippen LogP contribution in [0.25, 0.3) is 11.3 Å². The van der Waals surface area contributed by atoms with Gasteiger partial charge in [0.1, 0.15) is 0 Å². The van der Waals surface area contributed by atoms with Crippen molar-refractivity contribution < 1.29 is 4.79 Å². The molecule has 8 nitrogen and oxygen atoms in total. The van der Waals surface area contributed by atoms with Crippen LogP contribution < -0.4 is 21.9 Å². The van der Waals surface area contributed by atoms with Crippen LogP contribution in [-0.2, 0) is 7.05 Å². The Bertz CT molecular complexity index is 694. The second kappa shape index (κ2) is 7.10. The molecule has 1 aromatic heterocycles. The van der Waals surface area contributed by atoms with E-state index < -0.39 is 0 Å². The van der Waals surface area contributed by atoms with Gasteiger partial charge in [-0.1, -0.05) is 37.3 Å². The van der Waals surface area contributed by atoms with Crippen molar-refractivity contribution in [2.24, 2.45) is 13.0 Å². The number of hydrogen-bond donors (Lipinski definition) is 4. The van der Waals surface area contributed by atoms with Crippen molar-refractivity contribution in [1.82, 2.24) is 36.6 Å². The molecule has 0 saturated carbocycles. The van der Waals surface area contributed by atoms with Crippen LogP contribution >= 0.6 is 0 Å². The molecule has 2 heterocycles. The maximum atomic E-state index is 12.9. The molecule has 1 saturated heterocycles. The number of carbonyl (C=O) groups is 1. The molecule has 4 N–H and O–H groups in total. The summed E-state index contributed by atoms with van der Waals surface area (Å²) in [5, 5.41) is 4.28. The van der Waals surface area contributed by atoms with Crippen LogP contribution in [-0.4, -0.2) is 40.3 Å². The number of rotatable bonds is 5. The van der Waals surface area contributed by atoms with Gasteiger partial charge in [-0.05, 0) is 0 Å². The summed E-state index contributed by atoms with van der Waals surface area (Å²) in [6.45, 7) is 2.68. The summed E-state index contributed by atoms with van der Waals surface area (Å²) in [5.41, 5.74) is 14.1. The first-order valence-electron chi connectivity index (χ1n) is 7.92. The Morgan fingerprint density at radius 3 is 2.62 bits per heavy atom. The predicted octanol–water partition coefficient (Wildman–Crippen LogP) is 0.238. The summed E-state index contributed by atoms with van der Waals surface area (Å²) in [4.78, 5) is 14.6. The molecule has 8 heteroatoms. The summed E-state index contributed by atoms with van der Waals surface area (Å²) in [5.74, 6) is 0.172. The van der Waals surface area contributed by atoms with E-state index in [1.807, 2.05) is 44.4 Å². The molecule has 1 atom stereocenters. The van der Waals surface area contributed by atoms with E-state index in [1.54, 1.807) is 15.8 Å². The first-order valence-corrected chi connectivity index (χ1v) is 7.92. The molecular formula is C16H23N7O. The fourth-order valence-electron chi connectivity index (χ4n) is 2.91. The number of nitrogens with zero attached hydrogens (tertiary/aromatic N) is 3. The molecule has 1 fully saturated rings. The highest BCUT2D eigenvalue weighted by Gasteiger charge is 2.25. The molecule has 0 radical (unpaired) electrons. The van der Waals surface area contributed by atoms with Gasteiger partial charge in [0.2, 0.25) is 0 Å². The number of carbonyl (C=O) groups excluding carboxylic acids is 1. The lowest BCUT2D eigenvalue weighted by Gasteiger charge is -2.25. The molecule has 3 rings (SSSR count). The van der Waals surface area contributed by atoms with E-state index in [-0.39, 0.29) is 18.0 Å². The molecular weight excluding hydrogens is 306 g/mol. The largest absolute Gasteiger partial charge is 0.341 e. The second-order valence-electron chi connectivity index (χ2n) is 6.08. The third kappa shape index (κ3) is 3.31. The zero-order chi connectivity index (χ0) is 17.1. The zero-order valence-electron chi connectivity index (χ0n) is 14.1. The van der Waals surface area contributed by atoms with Gasteiger partial charge >= 0.3 is 0 Å². The minimum atomic E-state index is -0.0345. The molecule has 1 aromatic carbocycles. The van der Waals surface area contributed by atoms with E-state index in [1.165, 1.54) is 0 Å². The van der Waals surface area contributed by atoms with Crippen LogP contribution in [0.2, 0.25) is 0 Å². The maximum Gasteiger partial charge on any atom is 0.257 e. The van der Waals surface area contributed by atoms with Crippen LogP contribution in [0, 0.1) is 5.92 Å². The zero-order valence-corrected chi connectivity index (χ0v) is 14.1. The molecule has 1 aliphatic rings. The van der Waals surface area contributed by atoms with E-state index in [9.17, 15) is 4.79 Å². The lowest BCUT2D eigenvalue weighted by atomic mass is 10.1. The van der Waals surface area contributed by atoms with Gasteiger partial charge in [-0.15, -0.1) is 0 Å². The Hall–Kier alpha value is -2.26. The van der Waals surface area contributed by atoms with Crippen molar-refractivity contribution in [3.8, 4) is 11.3 Å². The van der Waals surface area contributed by atoms with Gasteiger partial charge < -0.3 is 4.90 Å². The van der Waals surface area contributed by atoms with E-state index in [0.717, 1.165) is 11.3 Å². The molecule has 1 aliphatic heterocycles. The van der Waals surface area contributed by atoms with Crippen LogP contribution in [0.4, 0.5) is 0 Å². The number of nitrogens with one attached hydrogen (secondary N) is 4. The summed E-state index contributed by atoms with van der Waals surface area (Å²) in [6, 6.07) is 9.85. The third-order valence-electron chi connectivity index (χ3n) is 4.21. The number of amides is 1. The van der Waals surface area contributed by atoms with Gasteiger partial charge in [-0.3, -0.25) is 9.48 Å². The van der Waals surface area contributed by atoms with Gasteiger partial charge in [-0.25, -0.2) is 10.9 Å². The molecule has 0 spiro atoms. The maximum absolute atomic E-state index is 12.9.